The fourth-order valence-electron chi connectivity index (χ4n) is 1.45. The highest BCUT2D eigenvalue weighted by Crippen LogP contribution is 2.20. The molecule has 0 atom stereocenters. The lowest BCUT2D eigenvalue weighted by Gasteiger charge is -2.05. The Morgan fingerprint density at radius 3 is 2.61 bits per heavy atom. The van der Waals surface area contributed by atoms with Gasteiger partial charge >= 0.3 is 0 Å². The van der Waals surface area contributed by atoms with Crippen LogP contribution in [-0.2, 0) is 11.3 Å². The summed E-state index contributed by atoms with van der Waals surface area (Å²) in [6.45, 7) is 0.263. The van der Waals surface area contributed by atoms with Gasteiger partial charge in [-0.2, -0.15) is 0 Å². The van der Waals surface area contributed by atoms with E-state index in [4.69, 9.17) is 16.3 Å². The van der Waals surface area contributed by atoms with E-state index < -0.39 is 11.6 Å². The van der Waals surface area contributed by atoms with Crippen molar-refractivity contribution < 1.29 is 13.5 Å². The van der Waals surface area contributed by atoms with Crippen LogP contribution < -0.4 is 0 Å². The van der Waals surface area contributed by atoms with E-state index in [1.165, 1.54) is 13.2 Å². The van der Waals surface area contributed by atoms with Crippen molar-refractivity contribution in [3.8, 4) is 11.4 Å². The van der Waals surface area contributed by atoms with Crippen molar-refractivity contribution in [2.75, 3.05) is 7.11 Å². The number of hydrogen-bond acceptors (Lipinski definition) is 3. The van der Waals surface area contributed by atoms with Crippen LogP contribution in [0, 0.1) is 11.6 Å². The molecule has 0 amide bonds. The third-order valence-corrected chi connectivity index (χ3v) is 2.41. The molecule has 0 aliphatic carbocycles. The van der Waals surface area contributed by atoms with E-state index in [2.05, 4.69) is 9.97 Å². The highest BCUT2D eigenvalue weighted by molar-refractivity contribution is 6.29. The third-order valence-electron chi connectivity index (χ3n) is 2.22. The molecule has 6 heteroatoms. The number of nitrogens with zero attached hydrogens (tertiary/aromatic N) is 2. The molecule has 1 aromatic heterocycles. The summed E-state index contributed by atoms with van der Waals surface area (Å²) in [4.78, 5) is 8.12. The molecule has 2 rings (SSSR count). The molecule has 0 aliphatic heterocycles. The van der Waals surface area contributed by atoms with E-state index in [0.29, 0.717) is 11.3 Å². The summed E-state index contributed by atoms with van der Waals surface area (Å²) in [5, 5.41) is 0.219. The molecule has 0 N–H and O–H groups in total. The van der Waals surface area contributed by atoms with Crippen LogP contribution in [0.1, 0.15) is 5.69 Å². The van der Waals surface area contributed by atoms with Crippen LogP contribution in [0.2, 0.25) is 5.15 Å². The predicted octanol–water partition coefficient (Wildman–Crippen LogP) is 3.22. The first kappa shape index (κ1) is 12.9. The van der Waals surface area contributed by atoms with Gasteiger partial charge in [0, 0.05) is 12.7 Å². The van der Waals surface area contributed by atoms with E-state index in [1.54, 1.807) is 6.07 Å². The molecule has 0 bridgehead atoms. The summed E-state index contributed by atoms with van der Waals surface area (Å²) in [6.07, 6.45) is 0. The Bertz CT molecular complexity index is 578. The van der Waals surface area contributed by atoms with Gasteiger partial charge in [-0.3, -0.25) is 0 Å². The minimum atomic E-state index is -0.954. The number of methoxy groups -OCH3 is 1. The molecule has 1 aromatic carbocycles. The Balaban J connectivity index is 2.46. The highest BCUT2D eigenvalue weighted by atomic mass is 35.5. The second-order valence-electron chi connectivity index (χ2n) is 3.57. The van der Waals surface area contributed by atoms with Crippen LogP contribution in [-0.4, -0.2) is 17.1 Å². The van der Waals surface area contributed by atoms with Gasteiger partial charge in [-0.25, -0.2) is 18.7 Å². The maximum atomic E-state index is 13.1. The van der Waals surface area contributed by atoms with Crippen LogP contribution in [0.4, 0.5) is 8.78 Å². The molecular formula is C12H9ClF2N2O. The summed E-state index contributed by atoms with van der Waals surface area (Å²) >= 11 is 5.83. The summed E-state index contributed by atoms with van der Waals surface area (Å²) in [6, 6.07) is 4.98. The lowest BCUT2D eigenvalue weighted by atomic mass is 10.2. The zero-order valence-electron chi connectivity index (χ0n) is 9.45. The SMILES string of the molecule is COCc1cc(Cl)nc(-c2ccc(F)c(F)c2)n1. The number of rotatable bonds is 3. The first-order chi connectivity index (χ1) is 8.60. The molecule has 18 heavy (non-hydrogen) atoms. The quantitative estimate of drug-likeness (QED) is 0.803. The zero-order chi connectivity index (χ0) is 13.1. The number of hydrogen-bond donors (Lipinski definition) is 0. The molecule has 0 spiro atoms. The van der Waals surface area contributed by atoms with Gasteiger partial charge in [0.2, 0.25) is 0 Å². The van der Waals surface area contributed by atoms with Gasteiger partial charge in [-0.05, 0) is 24.3 Å². The Morgan fingerprint density at radius 2 is 1.94 bits per heavy atom. The summed E-state index contributed by atoms with van der Waals surface area (Å²) in [7, 11) is 1.52. The minimum Gasteiger partial charge on any atom is -0.378 e. The van der Waals surface area contributed by atoms with Crippen LogP contribution >= 0.6 is 11.6 Å². The van der Waals surface area contributed by atoms with Crippen LogP contribution in [0.25, 0.3) is 11.4 Å². The van der Waals surface area contributed by atoms with Gasteiger partial charge in [0.05, 0.1) is 12.3 Å². The third kappa shape index (κ3) is 2.80. The molecule has 0 saturated heterocycles. The van der Waals surface area contributed by atoms with Gasteiger partial charge < -0.3 is 4.74 Å². The fourth-order valence-corrected chi connectivity index (χ4v) is 1.66. The topological polar surface area (TPSA) is 35.0 Å². The second kappa shape index (κ2) is 5.37. The fraction of sp³-hybridized carbons (Fsp3) is 0.167. The van der Waals surface area contributed by atoms with Gasteiger partial charge in [0.15, 0.2) is 17.5 Å². The van der Waals surface area contributed by atoms with E-state index in [-0.39, 0.29) is 17.6 Å². The molecule has 0 radical (unpaired) electrons. The Hall–Kier alpha value is -1.59. The first-order valence-electron chi connectivity index (χ1n) is 5.08. The molecule has 2 aromatic rings. The maximum absolute atomic E-state index is 13.1. The van der Waals surface area contributed by atoms with Crippen molar-refractivity contribution in [3.05, 3.63) is 46.7 Å². The molecule has 0 fully saturated rings. The smallest absolute Gasteiger partial charge is 0.161 e. The second-order valence-corrected chi connectivity index (χ2v) is 3.95. The van der Waals surface area contributed by atoms with Crippen molar-refractivity contribution in [1.82, 2.24) is 9.97 Å². The first-order valence-corrected chi connectivity index (χ1v) is 5.46. The monoisotopic (exact) mass is 270 g/mol. The predicted molar refractivity (Wildman–Crippen MR) is 63.1 cm³/mol. The molecule has 0 unspecified atom stereocenters. The standard InChI is InChI=1S/C12H9ClF2N2O/c1-18-6-8-5-11(13)17-12(16-8)7-2-3-9(14)10(15)4-7/h2-5H,6H2,1H3. The van der Waals surface area contributed by atoms with E-state index in [9.17, 15) is 8.78 Å². The van der Waals surface area contributed by atoms with Crippen molar-refractivity contribution in [2.45, 2.75) is 6.61 Å². The van der Waals surface area contributed by atoms with E-state index in [0.717, 1.165) is 12.1 Å². The van der Waals surface area contributed by atoms with Crippen molar-refractivity contribution in [2.24, 2.45) is 0 Å². The largest absolute Gasteiger partial charge is 0.378 e. The number of benzene rings is 1. The lowest BCUT2D eigenvalue weighted by molar-refractivity contribution is 0.181. The van der Waals surface area contributed by atoms with Crippen molar-refractivity contribution >= 4 is 11.6 Å². The zero-order valence-corrected chi connectivity index (χ0v) is 10.2. The van der Waals surface area contributed by atoms with Crippen LogP contribution in [0.3, 0.4) is 0 Å². The van der Waals surface area contributed by atoms with Gasteiger partial charge in [-0.1, -0.05) is 11.6 Å². The average Bonchev–Trinajstić information content (AvgIpc) is 2.32. The van der Waals surface area contributed by atoms with Crippen molar-refractivity contribution in [1.29, 1.82) is 0 Å². The molecule has 1 heterocycles. The van der Waals surface area contributed by atoms with Gasteiger partial charge in [0.25, 0.3) is 0 Å². The summed E-state index contributed by atoms with van der Waals surface area (Å²) in [5.41, 5.74) is 0.922. The molecule has 0 saturated carbocycles. The molecule has 0 aliphatic rings. The van der Waals surface area contributed by atoms with Crippen LogP contribution in [0.15, 0.2) is 24.3 Å². The number of halogens is 3. The van der Waals surface area contributed by atoms with E-state index >= 15 is 0 Å². The van der Waals surface area contributed by atoms with Gasteiger partial charge in [0.1, 0.15) is 5.15 Å². The summed E-state index contributed by atoms with van der Waals surface area (Å²) in [5.74, 6) is -1.64. The number of aromatic nitrogens is 2. The molecular weight excluding hydrogens is 262 g/mol. The normalized spacial score (nSPS) is 10.7. The van der Waals surface area contributed by atoms with E-state index in [1.807, 2.05) is 0 Å². The average molecular weight is 271 g/mol. The minimum absolute atomic E-state index is 0.219. The van der Waals surface area contributed by atoms with Crippen LogP contribution in [0.5, 0.6) is 0 Å². The van der Waals surface area contributed by atoms with Gasteiger partial charge in [-0.15, -0.1) is 0 Å². The Kier molecular flexibility index (Phi) is 3.84. The Labute approximate surface area is 107 Å². The Morgan fingerprint density at radius 1 is 1.17 bits per heavy atom. The molecule has 3 nitrogen and oxygen atoms in total. The highest BCUT2D eigenvalue weighted by Gasteiger charge is 2.09. The van der Waals surface area contributed by atoms with Crippen molar-refractivity contribution in [3.63, 3.8) is 0 Å². The summed E-state index contributed by atoms with van der Waals surface area (Å²) < 4.78 is 30.9. The number of ether oxygens (including phenoxy) is 1. The lowest BCUT2D eigenvalue weighted by Crippen LogP contribution is -1.98. The molecule has 94 valence electrons. The maximum Gasteiger partial charge on any atom is 0.161 e.